The summed E-state index contributed by atoms with van der Waals surface area (Å²) >= 11 is 1.50. The lowest BCUT2D eigenvalue weighted by molar-refractivity contribution is -0.156. The van der Waals surface area contributed by atoms with E-state index in [9.17, 15) is 14.4 Å². The molecule has 0 radical (unpaired) electrons. The van der Waals surface area contributed by atoms with Crippen LogP contribution in [0.4, 0.5) is 4.79 Å². The molecule has 2 aromatic rings. The summed E-state index contributed by atoms with van der Waals surface area (Å²) < 4.78 is 17.7. The fraction of sp³-hybridized carbons (Fsp3) is 0.717. The molecule has 0 aromatic heterocycles. The van der Waals surface area contributed by atoms with Crippen LogP contribution in [0.1, 0.15) is 206 Å². The van der Waals surface area contributed by atoms with Crippen molar-refractivity contribution in [2.24, 2.45) is 0 Å². The van der Waals surface area contributed by atoms with E-state index in [-0.39, 0.29) is 30.2 Å². The number of thioether (sulfide) groups is 1. The van der Waals surface area contributed by atoms with Gasteiger partial charge < -0.3 is 24.8 Å². The monoisotopic (exact) mass is 879 g/mol. The first-order valence-corrected chi connectivity index (χ1v) is 26.1. The molecular weight excluding hydrogens is 793 g/mol. The fourth-order valence-corrected chi connectivity index (χ4v) is 9.36. The first-order valence-electron chi connectivity index (χ1n) is 24.9. The lowest BCUT2D eigenvalue weighted by atomic mass is 9.98. The Bertz CT molecular complexity index is 1470. The van der Waals surface area contributed by atoms with Gasteiger partial charge in [-0.25, -0.2) is 9.59 Å². The number of amides is 2. The van der Waals surface area contributed by atoms with Crippen LogP contribution in [0.25, 0.3) is 11.1 Å². The summed E-state index contributed by atoms with van der Waals surface area (Å²) in [5.41, 5.74) is 3.82. The highest BCUT2D eigenvalue weighted by atomic mass is 32.2. The number of unbranched alkanes of at least 4 members (excludes halogenated alkanes) is 21. The van der Waals surface area contributed by atoms with E-state index in [0.29, 0.717) is 25.4 Å². The van der Waals surface area contributed by atoms with Gasteiger partial charge in [0, 0.05) is 30.5 Å². The number of benzene rings is 2. The number of rotatable bonds is 36. The van der Waals surface area contributed by atoms with E-state index in [2.05, 4.69) is 48.7 Å². The Hall–Kier alpha value is -3.04. The molecule has 0 saturated heterocycles. The molecule has 2 atom stereocenters. The Morgan fingerprint density at radius 1 is 0.613 bits per heavy atom. The average molecular weight is 879 g/mol. The predicted octanol–water partition coefficient (Wildman–Crippen LogP) is 13.9. The molecule has 1 aliphatic carbocycles. The van der Waals surface area contributed by atoms with E-state index in [1.54, 1.807) is 0 Å². The van der Waals surface area contributed by atoms with E-state index in [0.717, 1.165) is 47.9 Å². The number of alkyl carbamates (subject to hydrolysis) is 1. The first-order chi connectivity index (χ1) is 30.1. The number of fused-ring (bicyclic) bond motifs is 3. The number of nitrogens with one attached hydrogen (secondary N) is 2. The predicted molar refractivity (Wildman–Crippen MR) is 260 cm³/mol. The first kappa shape index (κ1) is 53.3. The van der Waals surface area contributed by atoms with Gasteiger partial charge in [0.05, 0.1) is 12.6 Å². The van der Waals surface area contributed by atoms with Gasteiger partial charge in [-0.3, -0.25) is 4.79 Å². The second-order valence-corrected chi connectivity index (χ2v) is 19.7. The van der Waals surface area contributed by atoms with Crippen molar-refractivity contribution in [2.45, 2.75) is 212 Å². The van der Waals surface area contributed by atoms with E-state index in [1.807, 2.05) is 45.0 Å². The molecule has 3 rings (SSSR count). The van der Waals surface area contributed by atoms with Gasteiger partial charge >= 0.3 is 12.1 Å². The third kappa shape index (κ3) is 23.1. The summed E-state index contributed by atoms with van der Waals surface area (Å²) in [6, 6.07) is 15.3. The highest BCUT2D eigenvalue weighted by molar-refractivity contribution is 7.99. The zero-order valence-corrected chi connectivity index (χ0v) is 40.5. The van der Waals surface area contributed by atoms with Crippen molar-refractivity contribution in [3.05, 3.63) is 59.7 Å². The average Bonchev–Trinajstić information content (AvgIpc) is 3.57. The SMILES string of the molecule is CCCCCCCCCCCCCCCCOC[C@H](CSC[C@H](NC(=O)OCC1c2ccccc2-c2ccccc21)C(=O)OC(C)(C)C)NC(=O)CCCCCCCCCCC. The largest absolute Gasteiger partial charge is 0.458 e. The number of esters is 1. The van der Waals surface area contributed by atoms with Gasteiger partial charge in [0.1, 0.15) is 18.2 Å². The molecule has 0 aliphatic heterocycles. The molecule has 62 heavy (non-hydrogen) atoms. The molecule has 0 saturated carbocycles. The summed E-state index contributed by atoms with van der Waals surface area (Å²) in [6.07, 6.45) is 29.1. The molecule has 8 nitrogen and oxygen atoms in total. The molecule has 0 heterocycles. The summed E-state index contributed by atoms with van der Waals surface area (Å²) in [7, 11) is 0. The topological polar surface area (TPSA) is 103 Å². The number of carbonyl (C=O) groups excluding carboxylic acids is 3. The molecule has 0 unspecified atom stereocenters. The van der Waals surface area contributed by atoms with Crippen molar-refractivity contribution >= 4 is 29.7 Å². The maximum Gasteiger partial charge on any atom is 0.407 e. The molecule has 0 bridgehead atoms. The smallest absolute Gasteiger partial charge is 0.407 e. The van der Waals surface area contributed by atoms with Gasteiger partial charge in [-0.2, -0.15) is 11.8 Å². The number of hydrogen-bond acceptors (Lipinski definition) is 7. The van der Waals surface area contributed by atoms with Crippen LogP contribution in [0.2, 0.25) is 0 Å². The number of carbonyl (C=O) groups is 3. The zero-order chi connectivity index (χ0) is 44.7. The Balaban J connectivity index is 1.46. The van der Waals surface area contributed by atoms with Crippen LogP contribution in [0.5, 0.6) is 0 Å². The van der Waals surface area contributed by atoms with Crippen LogP contribution in [0.3, 0.4) is 0 Å². The van der Waals surface area contributed by atoms with Crippen LogP contribution >= 0.6 is 11.8 Å². The minimum Gasteiger partial charge on any atom is -0.458 e. The van der Waals surface area contributed by atoms with Crippen LogP contribution in [-0.4, -0.2) is 67.0 Å². The molecule has 0 spiro atoms. The highest BCUT2D eigenvalue weighted by Gasteiger charge is 2.31. The van der Waals surface area contributed by atoms with Crippen molar-refractivity contribution in [1.82, 2.24) is 10.6 Å². The summed E-state index contributed by atoms with van der Waals surface area (Å²) in [6.45, 7) is 11.2. The van der Waals surface area contributed by atoms with E-state index < -0.39 is 23.7 Å². The Morgan fingerprint density at radius 2 is 1.08 bits per heavy atom. The van der Waals surface area contributed by atoms with Crippen molar-refractivity contribution in [2.75, 3.05) is 31.3 Å². The van der Waals surface area contributed by atoms with Crippen LogP contribution < -0.4 is 10.6 Å². The summed E-state index contributed by atoms with van der Waals surface area (Å²) in [5, 5.41) is 6.04. The quantitative estimate of drug-likeness (QED) is 0.0519. The highest BCUT2D eigenvalue weighted by Crippen LogP contribution is 2.44. The van der Waals surface area contributed by atoms with Crippen LogP contribution in [-0.2, 0) is 23.8 Å². The van der Waals surface area contributed by atoms with Crippen LogP contribution in [0, 0.1) is 0 Å². The Kier molecular flexibility index (Phi) is 28.0. The summed E-state index contributed by atoms with van der Waals surface area (Å²) in [4.78, 5) is 39.9. The van der Waals surface area contributed by atoms with E-state index >= 15 is 0 Å². The van der Waals surface area contributed by atoms with Crippen LogP contribution in [0.15, 0.2) is 48.5 Å². The van der Waals surface area contributed by atoms with Crippen molar-refractivity contribution in [1.29, 1.82) is 0 Å². The van der Waals surface area contributed by atoms with Gasteiger partial charge in [0.25, 0.3) is 0 Å². The minimum absolute atomic E-state index is 0.0408. The molecule has 2 N–H and O–H groups in total. The Labute approximate surface area is 381 Å². The molecule has 9 heteroatoms. The number of ether oxygens (including phenoxy) is 3. The fourth-order valence-electron chi connectivity index (χ4n) is 8.30. The molecule has 1 aliphatic rings. The van der Waals surface area contributed by atoms with E-state index in [1.165, 1.54) is 134 Å². The van der Waals surface area contributed by atoms with Gasteiger partial charge in [-0.15, -0.1) is 0 Å². The second kappa shape index (κ2) is 32.6. The van der Waals surface area contributed by atoms with Gasteiger partial charge in [-0.1, -0.05) is 197 Å². The van der Waals surface area contributed by atoms with Gasteiger partial charge in [0.15, 0.2) is 0 Å². The second-order valence-electron chi connectivity index (χ2n) is 18.6. The Morgan fingerprint density at radius 3 is 1.58 bits per heavy atom. The lowest BCUT2D eigenvalue weighted by Gasteiger charge is -2.25. The third-order valence-corrected chi connectivity index (χ3v) is 13.0. The zero-order valence-electron chi connectivity index (χ0n) is 39.7. The minimum atomic E-state index is -0.926. The normalized spacial score (nSPS) is 13.3. The third-order valence-electron chi connectivity index (χ3n) is 11.8. The lowest BCUT2D eigenvalue weighted by Crippen LogP contribution is -2.47. The molecule has 2 amide bonds. The molecule has 0 fully saturated rings. The number of hydrogen-bond donors (Lipinski definition) is 2. The summed E-state index contributed by atoms with van der Waals surface area (Å²) in [5.74, 6) is 0.237. The molecular formula is C53H86N2O6S. The van der Waals surface area contributed by atoms with E-state index in [4.69, 9.17) is 14.2 Å². The molecule has 2 aromatic carbocycles. The standard InChI is InChI=1S/C53H86N2O6S/c1-6-8-10-12-14-16-17-18-19-20-22-24-26-32-38-59-39-43(54-50(56)37-27-25-23-21-15-13-11-9-7-2)41-62-42-49(51(57)61-53(3,4)5)55-52(58)60-40-48-46-35-30-28-33-44(46)45-34-29-31-36-47(45)48/h28-31,33-36,43,48-49H,6-27,32,37-42H2,1-5H3,(H,54,56)(H,55,58)/t43-,49+/m1/s1. The van der Waals surface area contributed by atoms with Gasteiger partial charge in [-0.05, 0) is 55.9 Å². The van der Waals surface area contributed by atoms with Crippen molar-refractivity contribution in [3.63, 3.8) is 0 Å². The molecule has 350 valence electrons. The maximum absolute atomic E-state index is 13.4. The van der Waals surface area contributed by atoms with Crippen molar-refractivity contribution < 1.29 is 28.6 Å². The van der Waals surface area contributed by atoms with Gasteiger partial charge in [0.2, 0.25) is 5.91 Å². The maximum atomic E-state index is 13.4. The van der Waals surface area contributed by atoms with Crippen molar-refractivity contribution in [3.8, 4) is 11.1 Å².